The van der Waals surface area contributed by atoms with E-state index in [0.29, 0.717) is 17.2 Å². The number of hydrogen-bond donors (Lipinski definition) is 0. The highest BCUT2D eigenvalue weighted by Crippen LogP contribution is 2.27. The number of pyridine rings is 1. The molecule has 108 valence electrons. The molecule has 0 radical (unpaired) electrons. The molecule has 1 aromatic carbocycles. The minimum atomic E-state index is 0.270. The van der Waals surface area contributed by atoms with Gasteiger partial charge in [-0.3, -0.25) is 0 Å². The van der Waals surface area contributed by atoms with Gasteiger partial charge >= 0.3 is 0 Å². The van der Waals surface area contributed by atoms with Gasteiger partial charge in [-0.05, 0) is 25.0 Å². The minimum Gasteiger partial charge on any atom is -0.496 e. The third-order valence-corrected chi connectivity index (χ3v) is 2.74. The lowest BCUT2D eigenvalue weighted by molar-refractivity contribution is 0.353. The van der Waals surface area contributed by atoms with Crippen LogP contribution < -0.4 is 14.2 Å². The van der Waals surface area contributed by atoms with Crippen molar-refractivity contribution in [3.63, 3.8) is 0 Å². The molecule has 1 aromatic heterocycles. The van der Waals surface area contributed by atoms with Crippen molar-refractivity contribution in [3.05, 3.63) is 47.8 Å². The molecule has 0 atom stereocenters. The zero-order valence-electron chi connectivity index (χ0n) is 12.3. The first kappa shape index (κ1) is 14.7. The van der Waals surface area contributed by atoms with Gasteiger partial charge in [-0.2, -0.15) is 0 Å². The molecule has 0 unspecified atom stereocenters. The van der Waals surface area contributed by atoms with Crippen LogP contribution in [0.5, 0.6) is 17.2 Å². The Morgan fingerprint density at radius 2 is 1.67 bits per heavy atom. The summed E-state index contributed by atoms with van der Waals surface area (Å²) in [6.07, 6.45) is 0. The SMILES string of the molecule is COc1cc(OC)cc(OCC#Cc2cccc(C)n2)c1. The summed E-state index contributed by atoms with van der Waals surface area (Å²) in [7, 11) is 3.20. The third kappa shape index (κ3) is 4.43. The fourth-order valence-corrected chi connectivity index (χ4v) is 1.72. The van der Waals surface area contributed by atoms with E-state index in [1.54, 1.807) is 32.4 Å². The largest absolute Gasteiger partial charge is 0.496 e. The summed E-state index contributed by atoms with van der Waals surface area (Å²) in [6, 6.07) is 11.1. The maximum absolute atomic E-state index is 5.58. The molecule has 0 amide bonds. The maximum atomic E-state index is 5.58. The van der Waals surface area contributed by atoms with Gasteiger partial charge in [0.15, 0.2) is 0 Å². The fourth-order valence-electron chi connectivity index (χ4n) is 1.72. The highest BCUT2D eigenvalue weighted by atomic mass is 16.5. The summed E-state index contributed by atoms with van der Waals surface area (Å²) in [5, 5.41) is 0. The minimum absolute atomic E-state index is 0.270. The Hall–Kier alpha value is -2.67. The second-order valence-corrected chi connectivity index (χ2v) is 4.30. The Kier molecular flexibility index (Phi) is 5.05. The van der Waals surface area contributed by atoms with Crippen LogP contribution >= 0.6 is 0 Å². The van der Waals surface area contributed by atoms with Crippen LogP contribution in [0.1, 0.15) is 11.4 Å². The van der Waals surface area contributed by atoms with Crippen molar-refractivity contribution in [1.82, 2.24) is 4.98 Å². The van der Waals surface area contributed by atoms with Crippen LogP contribution in [-0.4, -0.2) is 25.8 Å². The predicted molar refractivity (Wildman–Crippen MR) is 80.9 cm³/mol. The van der Waals surface area contributed by atoms with Gasteiger partial charge in [0.2, 0.25) is 0 Å². The van der Waals surface area contributed by atoms with Crippen molar-refractivity contribution in [2.75, 3.05) is 20.8 Å². The lowest BCUT2D eigenvalue weighted by Gasteiger charge is -2.08. The molecular formula is C17H17NO3. The van der Waals surface area contributed by atoms with E-state index in [2.05, 4.69) is 16.8 Å². The summed E-state index contributed by atoms with van der Waals surface area (Å²) in [5.41, 5.74) is 1.68. The van der Waals surface area contributed by atoms with Gasteiger partial charge in [-0.25, -0.2) is 4.98 Å². The van der Waals surface area contributed by atoms with Crippen molar-refractivity contribution in [2.24, 2.45) is 0 Å². The molecule has 4 heteroatoms. The highest BCUT2D eigenvalue weighted by molar-refractivity contribution is 5.42. The van der Waals surface area contributed by atoms with Crippen LogP contribution in [0.3, 0.4) is 0 Å². The molecule has 0 aliphatic carbocycles. The zero-order chi connectivity index (χ0) is 15.1. The first-order valence-electron chi connectivity index (χ1n) is 6.49. The van der Waals surface area contributed by atoms with E-state index in [0.717, 1.165) is 11.4 Å². The second-order valence-electron chi connectivity index (χ2n) is 4.30. The molecule has 0 aliphatic rings. The quantitative estimate of drug-likeness (QED) is 0.809. The summed E-state index contributed by atoms with van der Waals surface area (Å²) in [6.45, 7) is 2.20. The second kappa shape index (κ2) is 7.20. The molecule has 4 nitrogen and oxygen atoms in total. The van der Waals surface area contributed by atoms with Crippen LogP contribution in [0.2, 0.25) is 0 Å². The molecule has 0 saturated heterocycles. The van der Waals surface area contributed by atoms with Crippen LogP contribution in [0.15, 0.2) is 36.4 Å². The monoisotopic (exact) mass is 283 g/mol. The van der Waals surface area contributed by atoms with Crippen molar-refractivity contribution < 1.29 is 14.2 Å². The number of methoxy groups -OCH3 is 2. The van der Waals surface area contributed by atoms with Crippen LogP contribution in [0, 0.1) is 18.8 Å². The van der Waals surface area contributed by atoms with Gasteiger partial charge in [-0.15, -0.1) is 0 Å². The molecule has 0 aliphatic heterocycles. The van der Waals surface area contributed by atoms with Crippen LogP contribution in [0.4, 0.5) is 0 Å². The summed E-state index contributed by atoms with van der Waals surface area (Å²) < 4.78 is 15.9. The number of ether oxygens (including phenoxy) is 3. The Morgan fingerprint density at radius 3 is 2.29 bits per heavy atom. The lowest BCUT2D eigenvalue weighted by atomic mass is 10.3. The first-order chi connectivity index (χ1) is 10.2. The van der Waals surface area contributed by atoms with Crippen LogP contribution in [0.25, 0.3) is 0 Å². The molecule has 0 fully saturated rings. The van der Waals surface area contributed by atoms with E-state index < -0.39 is 0 Å². The number of aromatic nitrogens is 1. The number of rotatable bonds is 4. The van der Waals surface area contributed by atoms with Gasteiger partial charge in [0.1, 0.15) is 29.5 Å². The number of benzene rings is 1. The fraction of sp³-hybridized carbons (Fsp3) is 0.235. The van der Waals surface area contributed by atoms with Crippen molar-refractivity contribution >= 4 is 0 Å². The van der Waals surface area contributed by atoms with E-state index in [1.165, 1.54) is 0 Å². The van der Waals surface area contributed by atoms with Crippen molar-refractivity contribution in [1.29, 1.82) is 0 Å². The topological polar surface area (TPSA) is 40.6 Å². The van der Waals surface area contributed by atoms with Crippen LogP contribution in [-0.2, 0) is 0 Å². The number of nitrogens with zero attached hydrogens (tertiary/aromatic N) is 1. The molecule has 0 saturated carbocycles. The first-order valence-corrected chi connectivity index (χ1v) is 6.49. The zero-order valence-corrected chi connectivity index (χ0v) is 12.3. The van der Waals surface area contributed by atoms with Crippen molar-refractivity contribution in [3.8, 4) is 29.1 Å². The normalized spacial score (nSPS) is 9.48. The summed E-state index contributed by atoms with van der Waals surface area (Å²) in [5.74, 6) is 7.91. The smallest absolute Gasteiger partial charge is 0.149 e. The van der Waals surface area contributed by atoms with E-state index in [9.17, 15) is 0 Å². The average Bonchev–Trinajstić information content (AvgIpc) is 2.51. The van der Waals surface area contributed by atoms with Gasteiger partial charge in [0, 0.05) is 23.9 Å². The van der Waals surface area contributed by atoms with Gasteiger partial charge in [0.25, 0.3) is 0 Å². The molecule has 1 heterocycles. The Morgan fingerprint density at radius 1 is 1.00 bits per heavy atom. The molecular weight excluding hydrogens is 266 g/mol. The molecule has 0 N–H and O–H groups in total. The average molecular weight is 283 g/mol. The maximum Gasteiger partial charge on any atom is 0.149 e. The molecule has 2 aromatic rings. The van der Waals surface area contributed by atoms with E-state index in [-0.39, 0.29) is 6.61 Å². The third-order valence-electron chi connectivity index (χ3n) is 2.74. The molecule has 0 spiro atoms. The molecule has 21 heavy (non-hydrogen) atoms. The highest BCUT2D eigenvalue weighted by Gasteiger charge is 2.01. The van der Waals surface area contributed by atoms with Crippen molar-refractivity contribution in [2.45, 2.75) is 6.92 Å². The lowest BCUT2D eigenvalue weighted by Crippen LogP contribution is -1.96. The molecule has 0 bridgehead atoms. The Balaban J connectivity index is 2.01. The van der Waals surface area contributed by atoms with Gasteiger partial charge in [0.05, 0.1) is 14.2 Å². The summed E-state index contributed by atoms with van der Waals surface area (Å²) in [4.78, 5) is 4.30. The van der Waals surface area contributed by atoms with Gasteiger partial charge < -0.3 is 14.2 Å². The van der Waals surface area contributed by atoms with E-state index >= 15 is 0 Å². The van der Waals surface area contributed by atoms with Gasteiger partial charge in [-0.1, -0.05) is 12.0 Å². The standard InChI is InChI=1S/C17H17NO3/c1-13-6-4-7-14(18-13)8-5-9-21-17-11-15(19-2)10-16(12-17)20-3/h4,6-7,10-12H,9H2,1-3H3. The number of hydrogen-bond acceptors (Lipinski definition) is 4. The van der Waals surface area contributed by atoms with E-state index in [4.69, 9.17) is 14.2 Å². The molecule has 2 rings (SSSR count). The predicted octanol–water partition coefficient (Wildman–Crippen LogP) is 2.84. The van der Waals surface area contributed by atoms with E-state index in [1.807, 2.05) is 25.1 Å². The Labute approximate surface area is 124 Å². The number of aryl methyl sites for hydroxylation is 1. The Bertz CT molecular complexity index is 649. The summed E-state index contributed by atoms with van der Waals surface area (Å²) >= 11 is 0.